The Kier molecular flexibility index (Phi) is 14.7. The van der Waals surface area contributed by atoms with Crippen molar-refractivity contribution < 1.29 is 50.6 Å². The predicted molar refractivity (Wildman–Crippen MR) is 280 cm³/mol. The molecule has 398 valence electrons. The number of rotatable bonds is 15. The van der Waals surface area contributed by atoms with Gasteiger partial charge in [-0.15, -0.1) is 11.3 Å². The van der Waals surface area contributed by atoms with Gasteiger partial charge in [0.25, 0.3) is 21.6 Å². The Morgan fingerprint density at radius 2 is 1.75 bits per heavy atom. The number of benzene rings is 3. The summed E-state index contributed by atoms with van der Waals surface area (Å²) in [6.07, 6.45) is 3.49. The third kappa shape index (κ3) is 11.9. The fourth-order valence-electron chi connectivity index (χ4n) is 10.1. The number of halogens is 4. The van der Waals surface area contributed by atoms with Crippen LogP contribution in [-0.4, -0.2) is 95.4 Å². The second-order valence-corrected chi connectivity index (χ2v) is 23.8. The van der Waals surface area contributed by atoms with Crippen molar-refractivity contribution in [2.24, 2.45) is 11.3 Å². The highest BCUT2D eigenvalue weighted by molar-refractivity contribution is 7.90. The van der Waals surface area contributed by atoms with Gasteiger partial charge in [-0.1, -0.05) is 31.6 Å². The number of ether oxygens (including phenoxy) is 1. The van der Waals surface area contributed by atoms with Gasteiger partial charge >= 0.3 is 6.18 Å². The summed E-state index contributed by atoms with van der Waals surface area (Å²) in [4.78, 5) is 38.0. The van der Waals surface area contributed by atoms with Crippen LogP contribution in [0.3, 0.4) is 0 Å². The van der Waals surface area contributed by atoms with Gasteiger partial charge in [0.15, 0.2) is 5.60 Å². The Hall–Kier alpha value is -6.39. The Morgan fingerprint density at radius 3 is 2.45 bits per heavy atom. The van der Waals surface area contributed by atoms with E-state index >= 15 is 4.39 Å². The van der Waals surface area contributed by atoms with Crippen LogP contribution in [0.15, 0.2) is 101 Å². The Morgan fingerprint density at radius 1 is 1.00 bits per heavy atom. The summed E-state index contributed by atoms with van der Waals surface area (Å²) in [5.74, 6) is -1.38. The molecule has 2 fully saturated rings. The van der Waals surface area contributed by atoms with Crippen LogP contribution in [0.5, 0.6) is 11.5 Å². The van der Waals surface area contributed by atoms with Crippen molar-refractivity contribution in [1.82, 2.24) is 19.6 Å². The molecule has 5 N–H and O–H groups in total. The number of carbonyl (C=O) groups excluding carboxylic acids is 1. The summed E-state index contributed by atoms with van der Waals surface area (Å²) in [5, 5.41) is 38.3. The first-order valence-electron chi connectivity index (χ1n) is 24.8. The third-order valence-electron chi connectivity index (χ3n) is 14.9. The molecule has 1 saturated carbocycles. The fourth-order valence-corrected chi connectivity index (χ4v) is 12.1. The number of sulfonamides is 1. The number of carbonyl (C=O) groups is 1. The van der Waals surface area contributed by atoms with Crippen LogP contribution in [0, 0.1) is 27.3 Å². The molecule has 9 rings (SSSR count). The summed E-state index contributed by atoms with van der Waals surface area (Å²) in [7, 11) is -4.65. The standard InChI is InChI=1S/C54H59F4N7O8S2/c1-51(2)15-13-35(43(28-51)48-24-36(32-74-48)41-8-5-37(25-44(41)55)53(4,68)54(56,57)58)31-63-19-21-64(22-20-63)38-6-9-42(47(26-38)73-39-23-34-14-18-59-49(34)61-30-39)50(66)62-75(71,72)40-7-10-45(46(27-40)65(69)70)60-29-33-11-16-52(3,67)17-12-33/h5-10,14,18,23-27,30,32-33,60,67-68H,11-13,15-17,19-22,28-29,31H2,1-4H3,(H,59,61)(H,62,66). The highest BCUT2D eigenvalue weighted by Gasteiger charge is 2.51. The molecule has 75 heavy (non-hydrogen) atoms. The van der Waals surface area contributed by atoms with E-state index in [4.69, 9.17) is 4.74 Å². The summed E-state index contributed by atoms with van der Waals surface area (Å²) >= 11 is 1.46. The van der Waals surface area contributed by atoms with Crippen LogP contribution in [0.4, 0.5) is 34.6 Å². The van der Waals surface area contributed by atoms with Crippen LogP contribution in [0.25, 0.3) is 27.7 Å². The predicted octanol–water partition coefficient (Wildman–Crippen LogP) is 11.2. The van der Waals surface area contributed by atoms with E-state index in [1.165, 1.54) is 52.9 Å². The maximum absolute atomic E-state index is 15.4. The van der Waals surface area contributed by atoms with E-state index < -0.39 is 60.2 Å². The van der Waals surface area contributed by atoms with E-state index in [0.717, 1.165) is 60.6 Å². The van der Waals surface area contributed by atoms with Crippen LogP contribution in [-0.2, 0) is 15.6 Å². The largest absolute Gasteiger partial charge is 0.455 e. The molecule has 1 amide bonds. The van der Waals surface area contributed by atoms with Gasteiger partial charge in [0.05, 0.1) is 27.2 Å². The molecule has 1 atom stereocenters. The molecule has 15 nitrogen and oxygen atoms in total. The van der Waals surface area contributed by atoms with E-state index in [-0.39, 0.29) is 39.6 Å². The van der Waals surface area contributed by atoms with Crippen molar-refractivity contribution in [2.45, 2.75) is 94.9 Å². The molecule has 1 unspecified atom stereocenters. The Labute approximate surface area is 435 Å². The highest BCUT2D eigenvalue weighted by atomic mass is 32.2. The van der Waals surface area contributed by atoms with Crippen LogP contribution in [0.1, 0.15) is 93.4 Å². The fraction of sp³-hybridized carbons (Fsp3) is 0.407. The van der Waals surface area contributed by atoms with E-state index in [2.05, 4.69) is 43.7 Å². The lowest BCUT2D eigenvalue weighted by atomic mass is 9.73. The number of aliphatic hydroxyl groups is 2. The number of amides is 1. The summed E-state index contributed by atoms with van der Waals surface area (Å²) in [6.45, 7) is 10.4. The summed E-state index contributed by atoms with van der Waals surface area (Å²) < 4.78 is 92.0. The molecule has 0 bridgehead atoms. The molecular weight excluding hydrogens is 1010 g/mol. The Bertz CT molecular complexity index is 3280. The average Bonchev–Trinajstić information content (AvgIpc) is 4.04. The van der Waals surface area contributed by atoms with Crippen LogP contribution < -0.4 is 19.7 Å². The zero-order valence-corrected chi connectivity index (χ0v) is 43.5. The molecular formula is C54H59F4N7O8S2. The van der Waals surface area contributed by atoms with Gasteiger partial charge < -0.3 is 30.2 Å². The lowest BCUT2D eigenvalue weighted by Crippen LogP contribution is -2.47. The van der Waals surface area contributed by atoms with E-state index in [9.17, 15) is 46.7 Å². The minimum atomic E-state index is -4.98. The monoisotopic (exact) mass is 1070 g/mol. The number of nitrogens with zero attached hydrogens (tertiary/aromatic N) is 4. The normalized spacial score (nSPS) is 20.5. The molecule has 21 heteroatoms. The molecule has 0 radical (unpaired) electrons. The number of hydrogen-bond acceptors (Lipinski definition) is 13. The molecule has 1 saturated heterocycles. The van der Waals surface area contributed by atoms with Gasteiger partial charge in [0, 0.05) is 79.1 Å². The topological polar surface area (TPSA) is 203 Å². The van der Waals surface area contributed by atoms with Gasteiger partial charge in [-0.05, 0) is 141 Å². The average molecular weight is 1070 g/mol. The van der Waals surface area contributed by atoms with Crippen molar-refractivity contribution in [2.75, 3.05) is 49.5 Å². The van der Waals surface area contributed by atoms with Crippen molar-refractivity contribution in [3.05, 3.63) is 128 Å². The number of nitrogens with one attached hydrogen (secondary N) is 3. The van der Waals surface area contributed by atoms with Crippen LogP contribution in [0.2, 0.25) is 0 Å². The number of piperazine rings is 1. The quantitative estimate of drug-likeness (QED) is 0.0370. The number of pyridine rings is 1. The molecule has 1 aliphatic heterocycles. The molecule has 0 spiro atoms. The number of allylic oxidation sites excluding steroid dienone is 1. The summed E-state index contributed by atoms with van der Waals surface area (Å²) in [5.41, 5.74) is -0.549. The van der Waals surface area contributed by atoms with Crippen molar-refractivity contribution in [3.8, 4) is 22.6 Å². The van der Waals surface area contributed by atoms with Gasteiger partial charge in [-0.3, -0.25) is 19.8 Å². The van der Waals surface area contributed by atoms with E-state index in [0.29, 0.717) is 75.9 Å². The first kappa shape index (κ1) is 53.4. The molecule has 6 aromatic rings. The number of nitro groups is 1. The number of anilines is 2. The van der Waals surface area contributed by atoms with Crippen LogP contribution >= 0.6 is 11.3 Å². The van der Waals surface area contributed by atoms with Gasteiger partial charge in [0.1, 0.15) is 28.7 Å². The lowest BCUT2D eigenvalue weighted by Gasteiger charge is -2.39. The van der Waals surface area contributed by atoms with Gasteiger partial charge in [-0.2, -0.15) is 13.2 Å². The zero-order valence-electron chi connectivity index (χ0n) is 41.9. The number of thiophene rings is 1. The number of hydrogen-bond donors (Lipinski definition) is 5. The smallest absolute Gasteiger partial charge is 0.421 e. The number of aromatic nitrogens is 2. The maximum atomic E-state index is 15.4. The Balaban J connectivity index is 0.911. The molecule has 3 aliphatic rings. The minimum Gasteiger partial charge on any atom is -0.455 e. The molecule has 3 aromatic heterocycles. The SMILES string of the molecule is CC1(C)CCC(CN2CCN(c3ccc(C(=O)NS(=O)(=O)c4ccc(NCC5CCC(C)(O)CC5)c([N+](=O)[O-])c4)c(Oc4cnc5[nH]ccc5c4)c3)CC2)=C(c2cc(-c3ccc(C(C)(O)C(F)(F)F)cc3F)cs2)C1. The highest BCUT2D eigenvalue weighted by Crippen LogP contribution is 2.47. The van der Waals surface area contributed by atoms with E-state index in [1.807, 2.05) is 6.07 Å². The number of alkyl halides is 3. The van der Waals surface area contributed by atoms with Crippen molar-refractivity contribution in [1.29, 1.82) is 0 Å². The lowest BCUT2D eigenvalue weighted by molar-refractivity contribution is -0.384. The van der Waals surface area contributed by atoms with Crippen molar-refractivity contribution >= 4 is 60.9 Å². The number of H-pyrrole nitrogens is 1. The second kappa shape index (κ2) is 20.6. The maximum Gasteiger partial charge on any atom is 0.421 e. The second-order valence-electron chi connectivity index (χ2n) is 21.2. The van der Waals surface area contributed by atoms with Crippen molar-refractivity contribution in [3.63, 3.8) is 0 Å². The summed E-state index contributed by atoms with van der Waals surface area (Å²) in [6, 6.07) is 16.8. The first-order valence-corrected chi connectivity index (χ1v) is 27.1. The van der Waals surface area contributed by atoms with E-state index in [1.54, 1.807) is 42.8 Å². The first-order chi connectivity index (χ1) is 35.3. The van der Waals surface area contributed by atoms with Gasteiger partial charge in [0.2, 0.25) is 0 Å². The number of fused-ring (bicyclic) bond motifs is 1. The molecule has 3 aromatic carbocycles. The third-order valence-corrected chi connectivity index (χ3v) is 17.2. The number of nitro benzene ring substituents is 1. The van der Waals surface area contributed by atoms with Gasteiger partial charge in [-0.25, -0.2) is 22.5 Å². The minimum absolute atomic E-state index is 0.00143. The molecule has 2 aliphatic carbocycles. The molecule has 4 heterocycles. The zero-order chi connectivity index (χ0) is 53.7. The number of aromatic amines is 1.